The highest BCUT2D eigenvalue weighted by Gasteiger charge is 2.18. The van der Waals surface area contributed by atoms with Gasteiger partial charge in [0.15, 0.2) is 0 Å². The predicted molar refractivity (Wildman–Crippen MR) is 78.4 cm³/mol. The fraction of sp³-hybridized carbons (Fsp3) is 0.538. The Hall–Kier alpha value is -1.18. The zero-order valence-corrected chi connectivity index (χ0v) is 12.7. The lowest BCUT2D eigenvalue weighted by Crippen LogP contribution is -2.30. The van der Waals surface area contributed by atoms with Gasteiger partial charge in [-0.1, -0.05) is 13.8 Å². The average Bonchev–Trinajstić information content (AvgIpc) is 2.41. The van der Waals surface area contributed by atoms with E-state index in [9.17, 15) is 12.8 Å². The van der Waals surface area contributed by atoms with Crippen molar-refractivity contribution in [2.45, 2.75) is 25.2 Å². The Labute approximate surface area is 120 Å². The van der Waals surface area contributed by atoms with Crippen molar-refractivity contribution in [2.24, 2.45) is 0 Å². The highest BCUT2D eigenvalue weighted by Crippen LogP contribution is 2.17. The van der Waals surface area contributed by atoms with E-state index in [1.807, 2.05) is 0 Å². The smallest absolute Gasteiger partial charge is 0.243 e. The standard InChI is InChI=1S/C13H22FN3O2S/c1-3-17(4-2)9-5-8-16-20(18,19)13-10-11(15)6-7-12(13)14/h6-7,10,16H,3-5,8-9,15H2,1-2H3. The van der Waals surface area contributed by atoms with Crippen LogP contribution in [0, 0.1) is 5.82 Å². The van der Waals surface area contributed by atoms with E-state index < -0.39 is 20.7 Å². The number of nitrogen functional groups attached to an aromatic ring is 1. The van der Waals surface area contributed by atoms with Crippen molar-refractivity contribution >= 4 is 15.7 Å². The Morgan fingerprint density at radius 1 is 1.30 bits per heavy atom. The van der Waals surface area contributed by atoms with Gasteiger partial charge in [-0.25, -0.2) is 17.5 Å². The van der Waals surface area contributed by atoms with Crippen molar-refractivity contribution in [2.75, 3.05) is 31.9 Å². The number of halogens is 1. The Morgan fingerprint density at radius 2 is 1.95 bits per heavy atom. The molecule has 1 rings (SSSR count). The zero-order chi connectivity index (χ0) is 15.2. The van der Waals surface area contributed by atoms with Crippen molar-refractivity contribution in [3.63, 3.8) is 0 Å². The lowest BCUT2D eigenvalue weighted by Gasteiger charge is -2.17. The van der Waals surface area contributed by atoms with Crippen LogP contribution in [0.3, 0.4) is 0 Å². The summed E-state index contributed by atoms with van der Waals surface area (Å²) in [6.07, 6.45) is 0.671. The predicted octanol–water partition coefficient (Wildman–Crippen LogP) is 1.42. The highest BCUT2D eigenvalue weighted by atomic mass is 32.2. The number of hydrogen-bond acceptors (Lipinski definition) is 4. The number of nitrogens with zero attached hydrogens (tertiary/aromatic N) is 1. The van der Waals surface area contributed by atoms with E-state index in [-0.39, 0.29) is 12.2 Å². The summed E-state index contributed by atoms with van der Waals surface area (Å²) in [4.78, 5) is 1.79. The van der Waals surface area contributed by atoms with Crippen LogP contribution in [-0.4, -0.2) is 39.5 Å². The van der Waals surface area contributed by atoms with Gasteiger partial charge < -0.3 is 10.6 Å². The van der Waals surface area contributed by atoms with E-state index in [1.54, 1.807) is 0 Å². The first-order valence-electron chi connectivity index (χ1n) is 6.67. The summed E-state index contributed by atoms with van der Waals surface area (Å²) < 4.78 is 39.9. The van der Waals surface area contributed by atoms with Crippen molar-refractivity contribution < 1.29 is 12.8 Å². The fourth-order valence-electron chi connectivity index (χ4n) is 1.85. The van der Waals surface area contributed by atoms with E-state index in [0.29, 0.717) is 6.42 Å². The van der Waals surface area contributed by atoms with Crippen molar-refractivity contribution in [3.8, 4) is 0 Å². The molecule has 0 saturated heterocycles. The monoisotopic (exact) mass is 303 g/mol. The average molecular weight is 303 g/mol. The molecule has 0 heterocycles. The zero-order valence-electron chi connectivity index (χ0n) is 11.9. The topological polar surface area (TPSA) is 75.4 Å². The van der Waals surface area contributed by atoms with E-state index in [2.05, 4.69) is 23.5 Å². The number of nitrogens with one attached hydrogen (secondary N) is 1. The Kier molecular flexibility index (Phi) is 6.38. The van der Waals surface area contributed by atoms with Crippen molar-refractivity contribution in [1.82, 2.24) is 9.62 Å². The van der Waals surface area contributed by atoms with E-state index in [1.165, 1.54) is 6.07 Å². The first-order chi connectivity index (χ1) is 9.40. The Morgan fingerprint density at radius 3 is 2.55 bits per heavy atom. The summed E-state index contributed by atoms with van der Waals surface area (Å²) in [5, 5.41) is 0. The van der Waals surface area contributed by atoms with Gasteiger partial charge >= 0.3 is 0 Å². The van der Waals surface area contributed by atoms with Crippen LogP contribution in [0.25, 0.3) is 0 Å². The molecule has 1 aromatic rings. The molecule has 0 amide bonds. The molecule has 0 spiro atoms. The quantitative estimate of drug-likeness (QED) is 0.562. The number of sulfonamides is 1. The number of anilines is 1. The van der Waals surface area contributed by atoms with E-state index >= 15 is 0 Å². The summed E-state index contributed by atoms with van der Waals surface area (Å²) in [5.41, 5.74) is 5.71. The molecule has 5 nitrogen and oxygen atoms in total. The van der Waals surface area contributed by atoms with Gasteiger partial charge in [0.1, 0.15) is 10.7 Å². The van der Waals surface area contributed by atoms with Gasteiger partial charge in [-0.3, -0.25) is 0 Å². The van der Waals surface area contributed by atoms with Crippen molar-refractivity contribution in [3.05, 3.63) is 24.0 Å². The maximum Gasteiger partial charge on any atom is 0.243 e. The third kappa shape index (κ3) is 4.73. The molecule has 7 heteroatoms. The van der Waals surface area contributed by atoms with Crippen molar-refractivity contribution in [1.29, 1.82) is 0 Å². The largest absolute Gasteiger partial charge is 0.399 e. The first-order valence-corrected chi connectivity index (χ1v) is 8.16. The molecule has 0 bridgehead atoms. The van der Waals surface area contributed by atoms with Crippen LogP contribution < -0.4 is 10.5 Å². The van der Waals surface area contributed by atoms with Crippen LogP contribution in [0.15, 0.2) is 23.1 Å². The first kappa shape index (κ1) is 16.9. The number of nitrogens with two attached hydrogens (primary N) is 1. The molecular formula is C13H22FN3O2S. The highest BCUT2D eigenvalue weighted by molar-refractivity contribution is 7.89. The second-order valence-electron chi connectivity index (χ2n) is 4.47. The van der Waals surface area contributed by atoms with Crippen LogP contribution in [0.4, 0.5) is 10.1 Å². The minimum absolute atomic E-state index is 0.218. The minimum Gasteiger partial charge on any atom is -0.399 e. The second-order valence-corrected chi connectivity index (χ2v) is 6.20. The molecule has 3 N–H and O–H groups in total. The molecule has 0 fully saturated rings. The summed E-state index contributed by atoms with van der Waals surface area (Å²) in [5.74, 6) is -0.796. The molecule has 0 aromatic heterocycles. The van der Waals surface area contributed by atoms with Crippen LogP contribution in [0.1, 0.15) is 20.3 Å². The van der Waals surface area contributed by atoms with Crippen LogP contribution >= 0.6 is 0 Å². The van der Waals surface area contributed by atoms with E-state index in [0.717, 1.165) is 31.8 Å². The number of rotatable bonds is 8. The molecule has 1 aromatic carbocycles. The lowest BCUT2D eigenvalue weighted by molar-refractivity contribution is 0.300. The minimum atomic E-state index is -3.85. The van der Waals surface area contributed by atoms with Crippen LogP contribution in [0.2, 0.25) is 0 Å². The molecule has 20 heavy (non-hydrogen) atoms. The number of hydrogen-bond donors (Lipinski definition) is 2. The maximum absolute atomic E-state index is 13.5. The third-order valence-electron chi connectivity index (χ3n) is 3.08. The third-order valence-corrected chi connectivity index (χ3v) is 4.56. The van der Waals surface area contributed by atoms with Crippen LogP contribution in [-0.2, 0) is 10.0 Å². The second kappa shape index (κ2) is 7.56. The van der Waals surface area contributed by atoms with E-state index in [4.69, 9.17) is 5.73 Å². The van der Waals surface area contributed by atoms with Gasteiger partial charge in [0.05, 0.1) is 0 Å². The fourth-order valence-corrected chi connectivity index (χ4v) is 3.04. The molecule has 0 radical (unpaired) electrons. The van der Waals surface area contributed by atoms with Gasteiger partial charge in [-0.15, -0.1) is 0 Å². The maximum atomic E-state index is 13.5. The summed E-state index contributed by atoms with van der Waals surface area (Å²) in [6.45, 7) is 7.02. The van der Waals surface area contributed by atoms with Gasteiger partial charge in [-0.2, -0.15) is 0 Å². The lowest BCUT2D eigenvalue weighted by atomic mass is 10.3. The summed E-state index contributed by atoms with van der Waals surface area (Å²) in [6, 6.07) is 3.51. The molecule has 0 saturated carbocycles. The molecular weight excluding hydrogens is 281 g/mol. The SMILES string of the molecule is CCN(CC)CCCNS(=O)(=O)c1cc(N)ccc1F. The Balaban J connectivity index is 2.60. The molecule has 0 aliphatic carbocycles. The van der Waals surface area contributed by atoms with Gasteiger partial charge in [0.25, 0.3) is 0 Å². The van der Waals surface area contributed by atoms with Crippen LogP contribution in [0.5, 0.6) is 0 Å². The molecule has 0 unspecified atom stereocenters. The van der Waals surface area contributed by atoms with Gasteiger partial charge in [-0.05, 0) is 44.3 Å². The molecule has 0 aliphatic heterocycles. The van der Waals surface area contributed by atoms with Gasteiger partial charge in [0.2, 0.25) is 10.0 Å². The summed E-state index contributed by atoms with van der Waals surface area (Å²) >= 11 is 0. The molecule has 0 atom stereocenters. The normalized spacial score (nSPS) is 12.0. The Bertz CT molecular complexity index is 530. The summed E-state index contributed by atoms with van der Waals surface area (Å²) in [7, 11) is -3.85. The molecule has 114 valence electrons. The molecule has 0 aliphatic rings. The van der Waals surface area contributed by atoms with Gasteiger partial charge in [0, 0.05) is 12.2 Å². The number of benzene rings is 1.